The highest BCUT2D eigenvalue weighted by atomic mass is 16.7. The highest BCUT2D eigenvalue weighted by Gasteiger charge is 2.30. The van der Waals surface area contributed by atoms with E-state index >= 15 is 0 Å². The van der Waals surface area contributed by atoms with E-state index in [4.69, 9.17) is 14.6 Å². The molecule has 19 heavy (non-hydrogen) atoms. The number of carbonyl (C=O) groups is 2. The highest BCUT2D eigenvalue weighted by Crippen LogP contribution is 2.21. The summed E-state index contributed by atoms with van der Waals surface area (Å²) in [6, 6.07) is 0. The largest absolute Gasteiger partial charge is 0.469 e. The van der Waals surface area contributed by atoms with Crippen molar-refractivity contribution >= 4 is 11.9 Å². The normalized spacial score (nSPS) is 24.6. The molecule has 0 aromatic heterocycles. The fourth-order valence-electron chi connectivity index (χ4n) is 1.83. The maximum atomic E-state index is 11.5. The Morgan fingerprint density at radius 2 is 2.05 bits per heavy atom. The van der Waals surface area contributed by atoms with E-state index < -0.39 is 24.3 Å². The van der Waals surface area contributed by atoms with Gasteiger partial charge >= 0.3 is 11.9 Å². The van der Waals surface area contributed by atoms with Crippen LogP contribution in [0.15, 0.2) is 0 Å². The third-order valence-corrected chi connectivity index (χ3v) is 2.87. The lowest BCUT2D eigenvalue weighted by molar-refractivity contribution is -0.227. The number of methoxy groups -OCH3 is 2. The van der Waals surface area contributed by atoms with Crippen molar-refractivity contribution in [2.75, 3.05) is 20.8 Å². The summed E-state index contributed by atoms with van der Waals surface area (Å²) in [5.41, 5.74) is 0. The smallest absolute Gasteiger partial charge is 0.335 e. The lowest BCUT2D eigenvalue weighted by Gasteiger charge is -2.30. The van der Waals surface area contributed by atoms with Gasteiger partial charge in [0.1, 0.15) is 0 Å². The molecule has 0 aliphatic carbocycles. The minimum absolute atomic E-state index is 0.0975. The van der Waals surface area contributed by atoms with Gasteiger partial charge in [-0.2, -0.15) is 0 Å². The predicted octanol–water partition coefficient (Wildman–Crippen LogP) is -0.00480. The van der Waals surface area contributed by atoms with Gasteiger partial charge in [0.15, 0.2) is 12.4 Å². The van der Waals surface area contributed by atoms with Gasteiger partial charge in [0.2, 0.25) is 0 Å². The number of aliphatic hydroxyl groups is 1. The van der Waals surface area contributed by atoms with E-state index in [2.05, 4.69) is 9.47 Å². The third-order valence-electron chi connectivity index (χ3n) is 2.87. The molecule has 0 amide bonds. The molecule has 7 nitrogen and oxygen atoms in total. The minimum atomic E-state index is -1.06. The van der Waals surface area contributed by atoms with Crippen LogP contribution in [0.25, 0.3) is 0 Å². The Morgan fingerprint density at radius 3 is 2.63 bits per heavy atom. The number of hydrogen-bond donors (Lipinski definition) is 1. The Labute approximate surface area is 111 Å². The quantitative estimate of drug-likeness (QED) is 0.682. The van der Waals surface area contributed by atoms with Crippen molar-refractivity contribution in [3.05, 3.63) is 0 Å². The van der Waals surface area contributed by atoms with Crippen LogP contribution in [0.2, 0.25) is 0 Å². The van der Waals surface area contributed by atoms with Crippen LogP contribution in [-0.2, 0) is 28.5 Å². The Hall–Kier alpha value is -1.18. The van der Waals surface area contributed by atoms with Gasteiger partial charge in [0.25, 0.3) is 0 Å². The zero-order valence-corrected chi connectivity index (χ0v) is 11.2. The summed E-state index contributed by atoms with van der Waals surface area (Å²) in [7, 11) is 2.45. The summed E-state index contributed by atoms with van der Waals surface area (Å²) in [6.45, 7) is -0.0975. The number of esters is 2. The number of carbonyl (C=O) groups excluding carboxylic acids is 2. The molecular formula is C12H20O7. The molecule has 3 atom stereocenters. The molecule has 1 N–H and O–H groups in total. The fourth-order valence-corrected chi connectivity index (χ4v) is 1.83. The predicted molar refractivity (Wildman–Crippen MR) is 63.1 cm³/mol. The van der Waals surface area contributed by atoms with Crippen LogP contribution in [0.1, 0.15) is 25.7 Å². The van der Waals surface area contributed by atoms with Crippen molar-refractivity contribution < 1.29 is 33.6 Å². The van der Waals surface area contributed by atoms with Gasteiger partial charge in [-0.05, 0) is 19.3 Å². The second-order valence-electron chi connectivity index (χ2n) is 4.23. The van der Waals surface area contributed by atoms with Crippen molar-refractivity contribution in [3.63, 3.8) is 0 Å². The lowest BCUT2D eigenvalue weighted by Crippen LogP contribution is -2.38. The molecule has 0 spiro atoms. The third kappa shape index (κ3) is 5.14. The number of aliphatic hydroxyl groups excluding tert-OH is 1. The van der Waals surface area contributed by atoms with Crippen molar-refractivity contribution in [1.82, 2.24) is 0 Å². The Morgan fingerprint density at radius 1 is 1.32 bits per heavy atom. The number of rotatable bonds is 6. The van der Waals surface area contributed by atoms with Gasteiger partial charge in [-0.1, -0.05) is 0 Å². The highest BCUT2D eigenvalue weighted by molar-refractivity contribution is 5.81. The first-order valence-corrected chi connectivity index (χ1v) is 6.17. The Kier molecular flexibility index (Phi) is 6.75. The molecule has 1 aliphatic heterocycles. The van der Waals surface area contributed by atoms with E-state index in [9.17, 15) is 9.59 Å². The zero-order chi connectivity index (χ0) is 14.3. The maximum absolute atomic E-state index is 11.5. The minimum Gasteiger partial charge on any atom is -0.469 e. The zero-order valence-electron chi connectivity index (χ0n) is 11.2. The van der Waals surface area contributed by atoms with Crippen LogP contribution in [0.3, 0.4) is 0 Å². The molecule has 110 valence electrons. The van der Waals surface area contributed by atoms with Gasteiger partial charge < -0.3 is 24.1 Å². The number of ether oxygens (including phenoxy) is 4. The van der Waals surface area contributed by atoms with E-state index in [1.54, 1.807) is 0 Å². The molecule has 0 aromatic rings. The molecule has 1 heterocycles. The van der Waals surface area contributed by atoms with Crippen LogP contribution in [0, 0.1) is 0 Å². The maximum Gasteiger partial charge on any atom is 0.335 e. The molecule has 0 saturated carbocycles. The van der Waals surface area contributed by atoms with Crippen LogP contribution in [-0.4, -0.2) is 56.4 Å². The Bertz CT molecular complexity index is 304. The summed E-state index contributed by atoms with van der Waals surface area (Å²) in [5, 5.41) is 9.04. The molecule has 0 aromatic carbocycles. The molecule has 3 unspecified atom stereocenters. The molecular weight excluding hydrogens is 256 g/mol. The topological polar surface area (TPSA) is 91.3 Å². The van der Waals surface area contributed by atoms with Crippen molar-refractivity contribution in [2.24, 2.45) is 0 Å². The van der Waals surface area contributed by atoms with Gasteiger partial charge in [-0.25, -0.2) is 4.79 Å². The van der Waals surface area contributed by atoms with Gasteiger partial charge in [-0.3, -0.25) is 4.79 Å². The average Bonchev–Trinajstić information content (AvgIpc) is 2.45. The first-order chi connectivity index (χ1) is 9.10. The summed E-state index contributed by atoms with van der Waals surface area (Å²) < 4.78 is 20.0. The molecule has 1 fully saturated rings. The standard InChI is InChI=1S/C12H20O7/c1-16-10(14)6-9(12(15)17-2)19-11-5-3-4-8(7-13)18-11/h8-9,11,13H,3-7H2,1-2H3. The summed E-state index contributed by atoms with van der Waals surface area (Å²) >= 11 is 0. The van der Waals surface area contributed by atoms with E-state index in [-0.39, 0.29) is 19.1 Å². The second-order valence-corrected chi connectivity index (χ2v) is 4.23. The van der Waals surface area contributed by atoms with Gasteiger partial charge in [0.05, 0.1) is 33.4 Å². The molecule has 1 rings (SSSR count). The van der Waals surface area contributed by atoms with Crippen LogP contribution in [0.5, 0.6) is 0 Å². The summed E-state index contributed by atoms with van der Waals surface area (Å²) in [4.78, 5) is 22.7. The molecule has 0 radical (unpaired) electrons. The first-order valence-electron chi connectivity index (χ1n) is 6.17. The van der Waals surface area contributed by atoms with Crippen molar-refractivity contribution in [2.45, 2.75) is 44.2 Å². The average molecular weight is 276 g/mol. The SMILES string of the molecule is COC(=O)CC(OC1CCCC(CO)O1)C(=O)OC. The summed E-state index contributed by atoms with van der Waals surface area (Å²) in [5.74, 6) is -1.22. The first kappa shape index (κ1) is 15.9. The van der Waals surface area contributed by atoms with Crippen LogP contribution >= 0.6 is 0 Å². The van der Waals surface area contributed by atoms with Crippen molar-refractivity contribution in [1.29, 1.82) is 0 Å². The second kappa shape index (κ2) is 8.08. The van der Waals surface area contributed by atoms with E-state index in [1.807, 2.05) is 0 Å². The molecule has 7 heteroatoms. The van der Waals surface area contributed by atoms with E-state index in [1.165, 1.54) is 14.2 Å². The Balaban J connectivity index is 2.55. The molecule has 1 aliphatic rings. The fraction of sp³-hybridized carbons (Fsp3) is 0.833. The van der Waals surface area contributed by atoms with Crippen LogP contribution in [0.4, 0.5) is 0 Å². The monoisotopic (exact) mass is 276 g/mol. The summed E-state index contributed by atoms with van der Waals surface area (Å²) in [6.07, 6.45) is -0.0364. The lowest BCUT2D eigenvalue weighted by atomic mass is 10.1. The van der Waals surface area contributed by atoms with Crippen molar-refractivity contribution in [3.8, 4) is 0 Å². The molecule has 0 bridgehead atoms. The number of hydrogen-bond acceptors (Lipinski definition) is 7. The van der Waals surface area contributed by atoms with Crippen LogP contribution < -0.4 is 0 Å². The van der Waals surface area contributed by atoms with E-state index in [0.29, 0.717) is 6.42 Å². The van der Waals surface area contributed by atoms with Gasteiger partial charge in [0, 0.05) is 0 Å². The molecule has 1 saturated heterocycles. The van der Waals surface area contributed by atoms with E-state index in [0.717, 1.165) is 12.8 Å². The van der Waals surface area contributed by atoms with Gasteiger partial charge in [-0.15, -0.1) is 0 Å².